The molecule has 4 rings (SSSR count). The van der Waals surface area contributed by atoms with Crippen molar-refractivity contribution in [3.05, 3.63) is 0 Å². The maximum atomic E-state index is 6.17. The average Bonchev–Trinajstić information content (AvgIpc) is 1.98. The van der Waals surface area contributed by atoms with Crippen molar-refractivity contribution in [2.75, 3.05) is 0 Å². The van der Waals surface area contributed by atoms with Crippen molar-refractivity contribution in [3.8, 4) is 0 Å². The summed E-state index contributed by atoms with van der Waals surface area (Å²) in [7, 11) is 0. The summed E-state index contributed by atoms with van der Waals surface area (Å²) >= 11 is 0. The van der Waals surface area contributed by atoms with Crippen LogP contribution in [0.25, 0.3) is 0 Å². The zero-order valence-corrected chi connectivity index (χ0v) is 8.13. The first-order chi connectivity index (χ1) is 5.33. The Kier molecular flexibility index (Phi) is 2.12. The van der Waals surface area contributed by atoms with Gasteiger partial charge in [-0.2, -0.15) is 0 Å². The Morgan fingerprint density at radius 3 is 1.67 bits per heavy atom. The number of hydrogen-bond acceptors (Lipinski definition) is 1. The predicted octanol–water partition coefficient (Wildman–Crippen LogP) is -1.11. The SMILES string of the molecule is NC1C2CC3CC(C2)CC1C3.[Cl-].[H+]. The summed E-state index contributed by atoms with van der Waals surface area (Å²) in [6.45, 7) is 0. The van der Waals surface area contributed by atoms with Crippen LogP contribution in [0.2, 0.25) is 0 Å². The van der Waals surface area contributed by atoms with Crippen LogP contribution in [0.4, 0.5) is 0 Å². The minimum Gasteiger partial charge on any atom is -1.00 e. The summed E-state index contributed by atoms with van der Waals surface area (Å²) in [5, 5.41) is 0. The molecule has 0 aromatic rings. The van der Waals surface area contributed by atoms with Crippen molar-refractivity contribution in [2.45, 2.75) is 38.1 Å². The maximum Gasteiger partial charge on any atom is 1.00 e. The molecule has 0 saturated heterocycles. The molecule has 2 N–H and O–H groups in total. The molecule has 0 amide bonds. The number of halogens is 1. The van der Waals surface area contributed by atoms with Gasteiger partial charge in [-0.05, 0) is 55.8 Å². The Morgan fingerprint density at radius 2 is 1.25 bits per heavy atom. The van der Waals surface area contributed by atoms with E-state index in [1.807, 2.05) is 0 Å². The molecule has 0 aliphatic heterocycles. The van der Waals surface area contributed by atoms with E-state index in [0.29, 0.717) is 6.04 Å². The fourth-order valence-corrected chi connectivity index (χ4v) is 3.97. The molecule has 0 spiro atoms. The molecule has 70 valence electrons. The van der Waals surface area contributed by atoms with Gasteiger partial charge in [0.1, 0.15) is 0 Å². The first-order valence-electron chi connectivity index (χ1n) is 5.08. The highest BCUT2D eigenvalue weighted by molar-refractivity contribution is 4.99. The molecule has 4 fully saturated rings. The van der Waals surface area contributed by atoms with Crippen LogP contribution in [-0.4, -0.2) is 6.04 Å². The van der Waals surface area contributed by atoms with Crippen molar-refractivity contribution >= 4 is 0 Å². The van der Waals surface area contributed by atoms with Gasteiger partial charge in [-0.1, -0.05) is 0 Å². The van der Waals surface area contributed by atoms with Gasteiger partial charge in [0, 0.05) is 6.04 Å². The van der Waals surface area contributed by atoms with E-state index < -0.39 is 0 Å². The number of hydrogen-bond donors (Lipinski definition) is 1. The van der Waals surface area contributed by atoms with Crippen LogP contribution >= 0.6 is 0 Å². The van der Waals surface area contributed by atoms with Crippen molar-refractivity contribution in [2.24, 2.45) is 29.4 Å². The Bertz CT molecular complexity index is 158. The van der Waals surface area contributed by atoms with Crippen LogP contribution in [0.1, 0.15) is 33.5 Å². The second kappa shape index (κ2) is 2.88. The van der Waals surface area contributed by atoms with E-state index >= 15 is 0 Å². The highest BCUT2D eigenvalue weighted by atomic mass is 35.5. The predicted molar refractivity (Wildman–Crippen MR) is 46.1 cm³/mol. The van der Waals surface area contributed by atoms with E-state index in [2.05, 4.69) is 0 Å². The van der Waals surface area contributed by atoms with Gasteiger partial charge in [0.15, 0.2) is 0 Å². The second-order valence-electron chi connectivity index (χ2n) is 5.01. The van der Waals surface area contributed by atoms with Gasteiger partial charge in [0.05, 0.1) is 0 Å². The van der Waals surface area contributed by atoms with Crippen molar-refractivity contribution < 1.29 is 13.8 Å². The Hall–Kier alpha value is 0.250. The fourth-order valence-electron chi connectivity index (χ4n) is 3.97. The fraction of sp³-hybridized carbons (Fsp3) is 1.00. The molecular weight excluding hydrogens is 170 g/mol. The third-order valence-corrected chi connectivity index (χ3v) is 4.30. The summed E-state index contributed by atoms with van der Waals surface area (Å²) < 4.78 is 0. The quantitative estimate of drug-likeness (QED) is 0.512. The molecule has 4 bridgehead atoms. The number of rotatable bonds is 0. The topological polar surface area (TPSA) is 26.0 Å². The van der Waals surface area contributed by atoms with Gasteiger partial charge < -0.3 is 18.1 Å². The van der Waals surface area contributed by atoms with Crippen molar-refractivity contribution in [1.82, 2.24) is 0 Å². The molecule has 0 radical (unpaired) electrons. The highest BCUT2D eigenvalue weighted by Gasteiger charge is 2.46. The van der Waals surface area contributed by atoms with Crippen LogP contribution in [0, 0.1) is 23.7 Å². The summed E-state index contributed by atoms with van der Waals surface area (Å²) in [5.74, 6) is 4.01. The van der Waals surface area contributed by atoms with E-state index in [0.717, 1.165) is 23.7 Å². The van der Waals surface area contributed by atoms with Crippen LogP contribution < -0.4 is 18.1 Å². The Balaban J connectivity index is 0.000000422. The number of nitrogens with two attached hydrogens (primary N) is 1. The molecule has 4 aliphatic carbocycles. The molecule has 0 unspecified atom stereocenters. The van der Waals surface area contributed by atoms with Crippen LogP contribution in [0.5, 0.6) is 0 Å². The molecule has 0 heterocycles. The highest BCUT2D eigenvalue weighted by Crippen LogP contribution is 2.52. The van der Waals surface area contributed by atoms with E-state index in [4.69, 9.17) is 5.73 Å². The molecule has 2 heteroatoms. The first kappa shape index (κ1) is 8.83. The molecule has 4 aliphatic rings. The zero-order chi connectivity index (χ0) is 7.42. The molecule has 1 nitrogen and oxygen atoms in total. The van der Waals surface area contributed by atoms with Gasteiger partial charge >= 0.3 is 1.43 Å². The van der Waals surface area contributed by atoms with E-state index in [-0.39, 0.29) is 13.8 Å². The van der Waals surface area contributed by atoms with Gasteiger partial charge in [-0.3, -0.25) is 0 Å². The van der Waals surface area contributed by atoms with Crippen molar-refractivity contribution in [3.63, 3.8) is 0 Å². The van der Waals surface area contributed by atoms with Crippen molar-refractivity contribution in [1.29, 1.82) is 0 Å². The zero-order valence-electron chi connectivity index (χ0n) is 8.38. The molecule has 0 aromatic heterocycles. The third-order valence-electron chi connectivity index (χ3n) is 4.30. The van der Waals surface area contributed by atoms with Gasteiger partial charge in [0.25, 0.3) is 0 Å². The molecule has 4 saturated carbocycles. The molecule has 0 aromatic carbocycles. The first-order valence-corrected chi connectivity index (χ1v) is 5.08. The standard InChI is InChI=1S/C10H17N.ClH/c11-10-8-2-6-1-7(4-8)5-9(10)3-6;/h6-10H,1-5,11H2;1H. The lowest BCUT2D eigenvalue weighted by Crippen LogP contribution is -3.00. The lowest BCUT2D eigenvalue weighted by molar-refractivity contribution is -0.0000682. The lowest BCUT2D eigenvalue weighted by Gasteiger charge is -2.53. The van der Waals surface area contributed by atoms with Crippen LogP contribution in [0.3, 0.4) is 0 Å². The Labute approximate surface area is 82.0 Å². The van der Waals surface area contributed by atoms with Gasteiger partial charge in [0.2, 0.25) is 0 Å². The third kappa shape index (κ3) is 1.10. The monoisotopic (exact) mass is 187 g/mol. The summed E-state index contributed by atoms with van der Waals surface area (Å²) in [4.78, 5) is 0. The second-order valence-corrected chi connectivity index (χ2v) is 5.01. The van der Waals surface area contributed by atoms with Gasteiger partial charge in [-0.15, -0.1) is 0 Å². The molecule has 0 atom stereocenters. The smallest absolute Gasteiger partial charge is 1.00 e. The van der Waals surface area contributed by atoms with Crippen LogP contribution in [0.15, 0.2) is 0 Å². The van der Waals surface area contributed by atoms with E-state index in [1.165, 1.54) is 25.7 Å². The van der Waals surface area contributed by atoms with Gasteiger partial charge in [-0.25, -0.2) is 0 Å². The normalized spacial score (nSPS) is 55.2. The molecule has 12 heavy (non-hydrogen) atoms. The molecular formula is C10H18ClN. The Morgan fingerprint density at radius 1 is 0.833 bits per heavy atom. The largest absolute Gasteiger partial charge is 1.00 e. The average molecular weight is 188 g/mol. The minimum absolute atomic E-state index is 0. The lowest BCUT2D eigenvalue weighted by atomic mass is 9.54. The summed E-state index contributed by atoms with van der Waals surface area (Å²) in [6.07, 6.45) is 7.41. The summed E-state index contributed by atoms with van der Waals surface area (Å²) in [5.41, 5.74) is 6.17. The van der Waals surface area contributed by atoms with E-state index in [1.54, 1.807) is 6.42 Å². The van der Waals surface area contributed by atoms with Crippen LogP contribution in [-0.2, 0) is 0 Å². The summed E-state index contributed by atoms with van der Waals surface area (Å²) in [6, 6.07) is 0.586. The van der Waals surface area contributed by atoms with E-state index in [9.17, 15) is 0 Å². The minimum atomic E-state index is 0. The maximum absolute atomic E-state index is 6.17.